The number of aromatic nitrogens is 2. The first-order valence-electron chi connectivity index (χ1n) is 10.3. The Bertz CT molecular complexity index is 940. The Morgan fingerprint density at radius 2 is 2.07 bits per heavy atom. The van der Waals surface area contributed by atoms with Crippen LogP contribution >= 0.6 is 11.6 Å². The molecule has 1 saturated heterocycles. The number of benzene rings is 2. The lowest BCUT2D eigenvalue weighted by molar-refractivity contribution is 0.141. The van der Waals surface area contributed by atoms with Crippen LogP contribution in [-0.4, -0.2) is 53.0 Å². The van der Waals surface area contributed by atoms with Gasteiger partial charge < -0.3 is 9.88 Å². The highest BCUT2D eigenvalue weighted by atomic mass is 35.5. The Hall–Kier alpha value is -1.95. The van der Waals surface area contributed by atoms with Crippen molar-refractivity contribution in [1.82, 2.24) is 19.8 Å². The number of piperidine rings is 1. The second-order valence-corrected chi connectivity index (χ2v) is 8.66. The molecular formula is C23H28ClFN4. The van der Waals surface area contributed by atoms with Crippen LogP contribution < -0.4 is 0 Å². The molecule has 2 heterocycles. The van der Waals surface area contributed by atoms with Crippen molar-refractivity contribution in [3.05, 3.63) is 64.7 Å². The Labute approximate surface area is 176 Å². The molecule has 1 aliphatic rings. The number of hydrogen-bond donors (Lipinski definition) is 1. The van der Waals surface area contributed by atoms with Crippen molar-refractivity contribution in [2.75, 3.05) is 33.2 Å². The van der Waals surface area contributed by atoms with Gasteiger partial charge >= 0.3 is 0 Å². The molecule has 1 atom stereocenters. The normalized spacial score (nSPS) is 18.0. The molecule has 0 bridgehead atoms. The number of halogens is 2. The van der Waals surface area contributed by atoms with Gasteiger partial charge in [0.15, 0.2) is 0 Å². The topological polar surface area (TPSA) is 35.2 Å². The lowest BCUT2D eigenvalue weighted by atomic mass is 9.97. The highest BCUT2D eigenvalue weighted by Gasteiger charge is 2.21. The van der Waals surface area contributed by atoms with E-state index in [9.17, 15) is 4.39 Å². The minimum absolute atomic E-state index is 0.234. The third-order valence-electron chi connectivity index (χ3n) is 5.72. The Kier molecular flexibility index (Phi) is 6.48. The van der Waals surface area contributed by atoms with Gasteiger partial charge in [-0.3, -0.25) is 4.90 Å². The monoisotopic (exact) mass is 414 g/mol. The number of H-pyrrole nitrogens is 1. The van der Waals surface area contributed by atoms with E-state index in [1.807, 2.05) is 12.1 Å². The SMILES string of the molecule is CN(Cc1nc2ccc(F)cc2[nH]1)CC1CCCN(CCc2ccc(Cl)cc2)C1. The molecular weight excluding hydrogens is 387 g/mol. The van der Waals surface area contributed by atoms with E-state index in [2.05, 4.69) is 38.9 Å². The van der Waals surface area contributed by atoms with Crippen LogP contribution in [0.25, 0.3) is 11.0 Å². The maximum atomic E-state index is 13.4. The van der Waals surface area contributed by atoms with Crippen LogP contribution in [0.15, 0.2) is 42.5 Å². The molecule has 4 rings (SSSR count). The summed E-state index contributed by atoms with van der Waals surface area (Å²) in [5.41, 5.74) is 2.93. The summed E-state index contributed by atoms with van der Waals surface area (Å²) in [6.45, 7) is 5.21. The predicted octanol–water partition coefficient (Wildman–Crippen LogP) is 4.74. The van der Waals surface area contributed by atoms with Gasteiger partial charge in [-0.2, -0.15) is 0 Å². The molecule has 1 aromatic heterocycles. The molecule has 0 amide bonds. The first-order valence-corrected chi connectivity index (χ1v) is 10.7. The fourth-order valence-corrected chi connectivity index (χ4v) is 4.44. The van der Waals surface area contributed by atoms with Gasteiger partial charge in [0.1, 0.15) is 11.6 Å². The van der Waals surface area contributed by atoms with Gasteiger partial charge in [0.2, 0.25) is 0 Å². The first-order chi connectivity index (χ1) is 14.0. The van der Waals surface area contributed by atoms with Crippen molar-refractivity contribution in [2.24, 2.45) is 5.92 Å². The maximum Gasteiger partial charge on any atom is 0.125 e. The first kappa shape index (κ1) is 20.3. The highest BCUT2D eigenvalue weighted by molar-refractivity contribution is 6.30. The maximum absolute atomic E-state index is 13.4. The summed E-state index contributed by atoms with van der Waals surface area (Å²) in [5, 5.41) is 0.796. The summed E-state index contributed by atoms with van der Waals surface area (Å²) in [7, 11) is 2.14. The Balaban J connectivity index is 1.27. The van der Waals surface area contributed by atoms with E-state index in [-0.39, 0.29) is 5.82 Å². The van der Waals surface area contributed by atoms with E-state index in [0.717, 1.165) is 54.5 Å². The predicted molar refractivity (Wildman–Crippen MR) is 117 cm³/mol. The largest absolute Gasteiger partial charge is 0.341 e. The van der Waals surface area contributed by atoms with E-state index in [1.165, 1.54) is 37.1 Å². The van der Waals surface area contributed by atoms with Crippen LogP contribution in [0.1, 0.15) is 24.2 Å². The molecule has 0 spiro atoms. The van der Waals surface area contributed by atoms with E-state index in [0.29, 0.717) is 5.92 Å². The molecule has 154 valence electrons. The smallest absolute Gasteiger partial charge is 0.125 e. The highest BCUT2D eigenvalue weighted by Crippen LogP contribution is 2.20. The Morgan fingerprint density at radius 3 is 2.90 bits per heavy atom. The number of likely N-dealkylation sites (tertiary alicyclic amines) is 1. The van der Waals surface area contributed by atoms with Gasteiger partial charge in [0.05, 0.1) is 17.6 Å². The Morgan fingerprint density at radius 1 is 1.24 bits per heavy atom. The molecule has 6 heteroatoms. The van der Waals surface area contributed by atoms with Gasteiger partial charge in [-0.1, -0.05) is 23.7 Å². The zero-order valence-corrected chi connectivity index (χ0v) is 17.6. The number of imidazole rings is 1. The third-order valence-corrected chi connectivity index (χ3v) is 5.97. The molecule has 1 N–H and O–H groups in total. The molecule has 4 nitrogen and oxygen atoms in total. The van der Waals surface area contributed by atoms with Crippen molar-refractivity contribution in [3.8, 4) is 0 Å². The molecule has 29 heavy (non-hydrogen) atoms. The van der Waals surface area contributed by atoms with Gasteiger partial charge in [0.25, 0.3) is 0 Å². The van der Waals surface area contributed by atoms with Crippen LogP contribution in [-0.2, 0) is 13.0 Å². The van der Waals surface area contributed by atoms with Crippen LogP contribution in [0.5, 0.6) is 0 Å². The van der Waals surface area contributed by atoms with E-state index in [1.54, 1.807) is 6.07 Å². The number of fused-ring (bicyclic) bond motifs is 1. The van der Waals surface area contributed by atoms with Crippen LogP contribution in [0.3, 0.4) is 0 Å². The van der Waals surface area contributed by atoms with Crippen molar-refractivity contribution in [3.63, 3.8) is 0 Å². The number of hydrogen-bond acceptors (Lipinski definition) is 3. The van der Waals surface area contributed by atoms with Gasteiger partial charge in [0, 0.05) is 24.7 Å². The molecule has 3 aromatic rings. The van der Waals surface area contributed by atoms with E-state index in [4.69, 9.17) is 11.6 Å². The fourth-order valence-electron chi connectivity index (χ4n) is 4.31. The van der Waals surface area contributed by atoms with E-state index >= 15 is 0 Å². The summed E-state index contributed by atoms with van der Waals surface area (Å²) in [5.74, 6) is 1.33. The second kappa shape index (κ2) is 9.24. The summed E-state index contributed by atoms with van der Waals surface area (Å²) >= 11 is 5.98. The standard InChI is InChI=1S/C23H28ClFN4/c1-28(16-23-26-21-9-8-20(25)13-22(21)27-23)14-18-3-2-11-29(15-18)12-10-17-4-6-19(24)7-5-17/h4-9,13,18H,2-3,10-12,14-16H2,1H3,(H,26,27). The number of aromatic amines is 1. The molecule has 1 aliphatic heterocycles. The molecule has 1 unspecified atom stereocenters. The summed E-state index contributed by atoms with van der Waals surface area (Å²) < 4.78 is 13.4. The molecule has 0 aliphatic carbocycles. The summed E-state index contributed by atoms with van der Waals surface area (Å²) in [4.78, 5) is 12.7. The average molecular weight is 415 g/mol. The van der Waals surface area contributed by atoms with Gasteiger partial charge in [-0.15, -0.1) is 0 Å². The zero-order valence-electron chi connectivity index (χ0n) is 16.9. The number of nitrogens with zero attached hydrogens (tertiary/aromatic N) is 3. The van der Waals surface area contributed by atoms with Crippen molar-refractivity contribution in [1.29, 1.82) is 0 Å². The number of rotatable bonds is 7. The van der Waals surface area contributed by atoms with E-state index < -0.39 is 0 Å². The fraction of sp³-hybridized carbons (Fsp3) is 0.435. The van der Waals surface area contributed by atoms with Gasteiger partial charge in [-0.25, -0.2) is 9.37 Å². The van der Waals surface area contributed by atoms with Crippen LogP contribution in [0.4, 0.5) is 4.39 Å². The number of nitrogens with one attached hydrogen (secondary N) is 1. The molecule has 1 fully saturated rings. The molecule has 0 saturated carbocycles. The minimum Gasteiger partial charge on any atom is -0.341 e. The minimum atomic E-state index is -0.234. The molecule has 0 radical (unpaired) electrons. The molecule has 2 aromatic carbocycles. The van der Waals surface area contributed by atoms with Crippen LogP contribution in [0, 0.1) is 11.7 Å². The van der Waals surface area contributed by atoms with Crippen molar-refractivity contribution < 1.29 is 4.39 Å². The second-order valence-electron chi connectivity index (χ2n) is 8.23. The zero-order chi connectivity index (χ0) is 20.2. The van der Waals surface area contributed by atoms with Crippen molar-refractivity contribution in [2.45, 2.75) is 25.8 Å². The van der Waals surface area contributed by atoms with Crippen molar-refractivity contribution >= 4 is 22.6 Å². The summed E-state index contributed by atoms with van der Waals surface area (Å²) in [6, 6.07) is 12.9. The van der Waals surface area contributed by atoms with Gasteiger partial charge in [-0.05, 0) is 74.7 Å². The third kappa shape index (κ3) is 5.56. The quantitative estimate of drug-likeness (QED) is 0.606. The van der Waals surface area contributed by atoms with Crippen LogP contribution in [0.2, 0.25) is 5.02 Å². The lowest BCUT2D eigenvalue weighted by Crippen LogP contribution is -2.40. The lowest BCUT2D eigenvalue weighted by Gasteiger charge is -2.34. The average Bonchev–Trinajstić information content (AvgIpc) is 3.09. The summed E-state index contributed by atoms with van der Waals surface area (Å²) in [6.07, 6.45) is 3.59.